The molecule has 32 heavy (non-hydrogen) atoms. The molecule has 8 heteroatoms. The molecule has 0 radical (unpaired) electrons. The number of nitrogens with zero attached hydrogens (tertiary/aromatic N) is 2. The Kier molecular flexibility index (Phi) is 7.12. The lowest BCUT2D eigenvalue weighted by Crippen LogP contribution is -2.21. The van der Waals surface area contributed by atoms with Gasteiger partial charge in [0.15, 0.2) is 16.5 Å². The van der Waals surface area contributed by atoms with Crippen LogP contribution in [-0.4, -0.2) is 40.2 Å². The lowest BCUT2D eigenvalue weighted by molar-refractivity contribution is 0.0880. The van der Waals surface area contributed by atoms with Gasteiger partial charge in [0, 0.05) is 24.2 Å². The lowest BCUT2D eigenvalue weighted by Gasteiger charge is -2.15. The molecule has 0 aliphatic heterocycles. The smallest absolute Gasteiger partial charge is 0.287 e. The van der Waals surface area contributed by atoms with Gasteiger partial charge in [-0.05, 0) is 55.0 Å². The molecule has 1 saturated carbocycles. The van der Waals surface area contributed by atoms with E-state index in [-0.39, 0.29) is 18.0 Å². The van der Waals surface area contributed by atoms with Gasteiger partial charge >= 0.3 is 0 Å². The molecule has 6 nitrogen and oxygen atoms in total. The maximum Gasteiger partial charge on any atom is 0.287 e. The fraction of sp³-hybridized carbons (Fsp3) is 0.333. The summed E-state index contributed by atoms with van der Waals surface area (Å²) in [5.41, 5.74) is 1.41. The zero-order chi connectivity index (χ0) is 22.5. The number of rotatable bonds is 10. The lowest BCUT2D eigenvalue weighted by atomic mass is 10.2. The topological polar surface area (TPSA) is 73.6 Å². The summed E-state index contributed by atoms with van der Waals surface area (Å²) in [5.74, 6) is 1.72. The minimum atomic E-state index is -0.475. The van der Waals surface area contributed by atoms with E-state index < -0.39 is 6.10 Å². The molecule has 1 N–H and O–H groups in total. The summed E-state index contributed by atoms with van der Waals surface area (Å²) in [6.45, 7) is 0.213. The van der Waals surface area contributed by atoms with Gasteiger partial charge in [0.25, 0.3) is 5.56 Å². The van der Waals surface area contributed by atoms with E-state index >= 15 is 0 Å². The van der Waals surface area contributed by atoms with E-state index in [9.17, 15) is 14.3 Å². The highest BCUT2D eigenvalue weighted by Gasteiger charge is 2.30. The first-order valence-corrected chi connectivity index (χ1v) is 11.5. The number of benzene rings is 2. The summed E-state index contributed by atoms with van der Waals surface area (Å²) in [4.78, 5) is 17.2. The van der Waals surface area contributed by atoms with Crippen LogP contribution in [0.4, 0.5) is 4.39 Å². The van der Waals surface area contributed by atoms with E-state index in [2.05, 4.69) is 4.98 Å². The SMILES string of the molecule is COc1cc(-n2ccnc(SCCc3ccc(F)cc3)c2=O)ccc1OCC(O)C1CC1. The second-order valence-electron chi connectivity index (χ2n) is 7.68. The molecule has 168 valence electrons. The maximum absolute atomic E-state index is 13.0. The summed E-state index contributed by atoms with van der Waals surface area (Å²) < 4.78 is 25.7. The van der Waals surface area contributed by atoms with Gasteiger partial charge in [0.2, 0.25) is 0 Å². The summed E-state index contributed by atoms with van der Waals surface area (Å²) in [7, 11) is 1.54. The van der Waals surface area contributed by atoms with Crippen LogP contribution >= 0.6 is 11.8 Å². The summed E-state index contributed by atoms with van der Waals surface area (Å²) >= 11 is 1.37. The standard InChI is InChI=1S/C24H25FN2O4S/c1-30-22-14-19(8-9-21(22)31-15-20(28)17-4-5-17)27-12-11-26-23(24(27)29)32-13-10-16-2-6-18(25)7-3-16/h2-3,6-9,11-12,14,17,20,28H,4-5,10,13,15H2,1H3. The molecule has 1 aromatic heterocycles. The maximum atomic E-state index is 13.0. The van der Waals surface area contributed by atoms with E-state index in [0.29, 0.717) is 40.3 Å². The molecule has 1 aliphatic rings. The van der Waals surface area contributed by atoms with Crippen molar-refractivity contribution in [2.24, 2.45) is 5.92 Å². The summed E-state index contributed by atoms with van der Waals surface area (Å²) in [5, 5.41) is 10.4. The van der Waals surface area contributed by atoms with Crippen molar-refractivity contribution in [2.45, 2.75) is 30.4 Å². The molecule has 0 amide bonds. The van der Waals surface area contributed by atoms with E-state index in [4.69, 9.17) is 9.47 Å². The highest BCUT2D eigenvalue weighted by atomic mass is 32.2. The minimum absolute atomic E-state index is 0.213. The Bertz CT molecular complexity index is 1120. The molecule has 3 aromatic rings. The normalized spacial score (nSPS) is 14.2. The number of hydrogen-bond donors (Lipinski definition) is 1. The Hall–Kier alpha value is -2.84. The Labute approximate surface area is 190 Å². The number of methoxy groups -OCH3 is 1. The van der Waals surface area contributed by atoms with Gasteiger partial charge in [-0.15, -0.1) is 11.8 Å². The van der Waals surface area contributed by atoms with Crippen LogP contribution in [0.1, 0.15) is 18.4 Å². The zero-order valence-electron chi connectivity index (χ0n) is 17.7. The van der Waals surface area contributed by atoms with Crippen molar-refractivity contribution in [3.63, 3.8) is 0 Å². The van der Waals surface area contributed by atoms with Crippen LogP contribution in [0.5, 0.6) is 11.5 Å². The predicted octanol–water partition coefficient (Wildman–Crippen LogP) is 3.86. The van der Waals surface area contributed by atoms with Gasteiger partial charge in [-0.25, -0.2) is 9.37 Å². The van der Waals surface area contributed by atoms with Crippen LogP contribution in [-0.2, 0) is 6.42 Å². The molecule has 2 aromatic carbocycles. The molecule has 1 unspecified atom stereocenters. The van der Waals surface area contributed by atoms with Gasteiger partial charge in [0.1, 0.15) is 12.4 Å². The second kappa shape index (κ2) is 10.2. The van der Waals surface area contributed by atoms with Crippen LogP contribution in [0.2, 0.25) is 0 Å². The third-order valence-corrected chi connectivity index (χ3v) is 6.31. The molecule has 1 atom stereocenters. The fourth-order valence-corrected chi connectivity index (χ4v) is 4.22. The number of thioether (sulfide) groups is 1. The van der Waals surface area contributed by atoms with E-state index in [1.807, 2.05) is 0 Å². The summed E-state index contributed by atoms with van der Waals surface area (Å²) in [6.07, 6.45) is 5.50. The molecular weight excluding hydrogens is 431 g/mol. The molecule has 1 aliphatic carbocycles. The third-order valence-electron chi connectivity index (χ3n) is 5.35. The van der Waals surface area contributed by atoms with E-state index in [0.717, 1.165) is 18.4 Å². The zero-order valence-corrected chi connectivity index (χ0v) is 18.6. The molecule has 1 fully saturated rings. The molecule has 0 bridgehead atoms. The van der Waals surface area contributed by atoms with Crippen LogP contribution in [0.25, 0.3) is 5.69 Å². The predicted molar refractivity (Wildman–Crippen MR) is 121 cm³/mol. The van der Waals surface area contributed by atoms with Gasteiger partial charge in [0.05, 0.1) is 18.9 Å². The third kappa shape index (κ3) is 5.49. The van der Waals surface area contributed by atoms with Crippen molar-refractivity contribution in [2.75, 3.05) is 19.5 Å². The first-order chi connectivity index (χ1) is 15.5. The van der Waals surface area contributed by atoms with E-state index in [1.54, 1.807) is 42.7 Å². The highest BCUT2D eigenvalue weighted by Crippen LogP contribution is 2.34. The van der Waals surface area contributed by atoms with Gasteiger partial charge < -0.3 is 14.6 Å². The first kappa shape index (κ1) is 22.4. The first-order valence-electron chi connectivity index (χ1n) is 10.5. The van der Waals surface area contributed by atoms with Crippen molar-refractivity contribution >= 4 is 11.8 Å². The van der Waals surface area contributed by atoms with Gasteiger partial charge in [-0.2, -0.15) is 0 Å². The van der Waals surface area contributed by atoms with Crippen LogP contribution in [0.3, 0.4) is 0 Å². The average molecular weight is 457 g/mol. The number of aromatic nitrogens is 2. The number of hydrogen-bond acceptors (Lipinski definition) is 6. The van der Waals surface area contributed by atoms with Crippen molar-refractivity contribution < 1.29 is 19.0 Å². The Balaban J connectivity index is 1.45. The molecule has 0 spiro atoms. The number of ether oxygens (including phenoxy) is 2. The molecular formula is C24H25FN2O4S. The Morgan fingerprint density at radius 2 is 2.00 bits per heavy atom. The van der Waals surface area contributed by atoms with Crippen molar-refractivity contribution in [3.8, 4) is 17.2 Å². The van der Waals surface area contributed by atoms with E-state index in [1.165, 1.54) is 35.6 Å². The van der Waals surface area contributed by atoms with Crippen LogP contribution < -0.4 is 15.0 Å². The van der Waals surface area contributed by atoms with Crippen molar-refractivity contribution in [3.05, 3.63) is 76.6 Å². The summed E-state index contributed by atoms with van der Waals surface area (Å²) in [6, 6.07) is 11.6. The second-order valence-corrected chi connectivity index (χ2v) is 8.77. The van der Waals surface area contributed by atoms with Crippen molar-refractivity contribution in [1.82, 2.24) is 9.55 Å². The number of aliphatic hydroxyl groups excluding tert-OH is 1. The molecule has 4 rings (SSSR count). The molecule has 0 saturated heterocycles. The monoisotopic (exact) mass is 456 g/mol. The largest absolute Gasteiger partial charge is 0.493 e. The average Bonchev–Trinajstić information content (AvgIpc) is 3.65. The van der Waals surface area contributed by atoms with Crippen molar-refractivity contribution in [1.29, 1.82) is 0 Å². The Morgan fingerprint density at radius 1 is 1.22 bits per heavy atom. The minimum Gasteiger partial charge on any atom is -0.493 e. The van der Waals surface area contributed by atoms with Gasteiger partial charge in [-0.3, -0.25) is 9.36 Å². The quantitative estimate of drug-likeness (QED) is 0.467. The Morgan fingerprint density at radius 3 is 2.72 bits per heavy atom. The number of aliphatic hydroxyl groups is 1. The van der Waals surface area contributed by atoms with Crippen LogP contribution in [0, 0.1) is 11.7 Å². The highest BCUT2D eigenvalue weighted by molar-refractivity contribution is 7.99. The number of aryl methyl sites for hydroxylation is 1. The fourth-order valence-electron chi connectivity index (χ4n) is 3.33. The van der Waals surface area contributed by atoms with Crippen LogP contribution in [0.15, 0.2) is 64.7 Å². The molecule has 1 heterocycles. The number of halogens is 1. The van der Waals surface area contributed by atoms with Gasteiger partial charge in [-0.1, -0.05) is 12.1 Å².